The minimum absolute atomic E-state index is 0.0187. The maximum atomic E-state index is 14.0. The van der Waals surface area contributed by atoms with Crippen molar-refractivity contribution in [3.05, 3.63) is 101 Å². The molecule has 0 aliphatic heterocycles. The number of rotatable bonds is 8. The zero-order chi connectivity index (χ0) is 25.8. The summed E-state index contributed by atoms with van der Waals surface area (Å²) < 4.78 is 64.8. The highest BCUT2D eigenvalue weighted by molar-refractivity contribution is 7.13. The summed E-state index contributed by atoms with van der Waals surface area (Å²) in [7, 11) is 0. The summed E-state index contributed by atoms with van der Waals surface area (Å²) in [5.41, 5.74) is 1.27. The first-order valence-corrected chi connectivity index (χ1v) is 11.7. The number of halogens is 4. The van der Waals surface area contributed by atoms with E-state index in [-0.39, 0.29) is 18.1 Å². The normalized spacial score (nSPS) is 11.9. The number of benzene rings is 2. The first-order valence-electron chi connectivity index (χ1n) is 10.8. The molecule has 188 valence electrons. The van der Waals surface area contributed by atoms with Crippen molar-refractivity contribution in [2.75, 3.05) is 0 Å². The number of aromatic nitrogens is 5. The molecule has 3 aromatic heterocycles. The van der Waals surface area contributed by atoms with Crippen LogP contribution in [-0.2, 0) is 19.3 Å². The second-order valence-electron chi connectivity index (χ2n) is 7.80. The highest BCUT2D eigenvalue weighted by Crippen LogP contribution is 2.30. The summed E-state index contributed by atoms with van der Waals surface area (Å²) in [5, 5.41) is 10.6. The molecule has 3 heterocycles. The van der Waals surface area contributed by atoms with Crippen molar-refractivity contribution in [1.29, 1.82) is 0 Å². The van der Waals surface area contributed by atoms with Crippen molar-refractivity contribution in [2.24, 2.45) is 0 Å². The van der Waals surface area contributed by atoms with Crippen molar-refractivity contribution in [1.82, 2.24) is 25.0 Å². The van der Waals surface area contributed by atoms with Crippen molar-refractivity contribution >= 4 is 23.5 Å². The Morgan fingerprint density at radius 3 is 2.59 bits per heavy atom. The van der Waals surface area contributed by atoms with E-state index in [4.69, 9.17) is 9.15 Å². The Bertz CT molecular complexity index is 1510. The lowest BCUT2D eigenvalue weighted by molar-refractivity contribution is -0.137. The molecule has 0 unspecified atom stereocenters. The second-order valence-corrected chi connectivity index (χ2v) is 8.66. The average molecular weight is 528 g/mol. The Hall–Kier alpha value is -4.32. The highest BCUT2D eigenvalue weighted by Gasteiger charge is 2.31. The van der Waals surface area contributed by atoms with Gasteiger partial charge in [0.15, 0.2) is 0 Å². The molecule has 0 fully saturated rings. The molecular formula is C25H17F4N5O2S. The van der Waals surface area contributed by atoms with Crippen LogP contribution >= 0.6 is 11.3 Å². The summed E-state index contributed by atoms with van der Waals surface area (Å²) in [6.07, 6.45) is 2.84. The third-order valence-electron chi connectivity index (χ3n) is 5.14. The van der Waals surface area contributed by atoms with Gasteiger partial charge in [0.2, 0.25) is 5.89 Å². The van der Waals surface area contributed by atoms with Crippen LogP contribution in [0.1, 0.15) is 28.4 Å². The number of alkyl halides is 3. The van der Waals surface area contributed by atoms with Crippen molar-refractivity contribution in [2.45, 2.75) is 19.3 Å². The molecule has 12 heteroatoms. The molecule has 0 atom stereocenters. The standard InChI is InChI=1S/C25H17F4N5O2S/c26-22-11-18(25(27,28)29)5-1-16(22)4-8-23-31-20(14-36-23)13-35-21-6-2-17(3-7-21)24-32-19(15-37-24)12-34-10-9-30-33-34/h1-11,14-15H,12-13H2. The fraction of sp³-hybridized carbons (Fsp3) is 0.120. The van der Waals surface area contributed by atoms with Gasteiger partial charge in [0.1, 0.15) is 35.1 Å². The smallest absolute Gasteiger partial charge is 0.416 e. The van der Waals surface area contributed by atoms with E-state index in [2.05, 4.69) is 20.3 Å². The van der Waals surface area contributed by atoms with Crippen LogP contribution in [0.5, 0.6) is 5.75 Å². The number of thiazole rings is 1. The van der Waals surface area contributed by atoms with E-state index in [0.717, 1.165) is 28.4 Å². The van der Waals surface area contributed by atoms with Gasteiger partial charge in [-0.2, -0.15) is 13.2 Å². The predicted molar refractivity (Wildman–Crippen MR) is 128 cm³/mol. The molecule has 5 aromatic rings. The van der Waals surface area contributed by atoms with Gasteiger partial charge < -0.3 is 9.15 Å². The van der Waals surface area contributed by atoms with Crippen molar-refractivity contribution in [3.8, 4) is 16.3 Å². The monoisotopic (exact) mass is 527 g/mol. The van der Waals surface area contributed by atoms with E-state index in [1.807, 2.05) is 29.6 Å². The van der Waals surface area contributed by atoms with E-state index in [0.29, 0.717) is 24.1 Å². The van der Waals surface area contributed by atoms with Crippen LogP contribution in [0, 0.1) is 5.82 Å². The van der Waals surface area contributed by atoms with E-state index < -0.39 is 17.6 Å². The minimum atomic E-state index is -4.61. The van der Waals surface area contributed by atoms with Crippen LogP contribution in [0.2, 0.25) is 0 Å². The topological polar surface area (TPSA) is 78.9 Å². The van der Waals surface area contributed by atoms with Gasteiger partial charge in [0.25, 0.3) is 0 Å². The molecule has 7 nitrogen and oxygen atoms in total. The number of hydrogen-bond acceptors (Lipinski definition) is 7. The van der Waals surface area contributed by atoms with Crippen LogP contribution in [-0.4, -0.2) is 25.0 Å². The molecule has 5 rings (SSSR count). The van der Waals surface area contributed by atoms with Crippen LogP contribution in [0.25, 0.3) is 22.7 Å². The quantitative estimate of drug-likeness (QED) is 0.219. The maximum absolute atomic E-state index is 14.0. The fourth-order valence-corrected chi connectivity index (χ4v) is 4.13. The summed E-state index contributed by atoms with van der Waals surface area (Å²) >= 11 is 1.53. The number of oxazole rings is 1. The van der Waals surface area contributed by atoms with Gasteiger partial charge >= 0.3 is 6.18 Å². The molecular weight excluding hydrogens is 510 g/mol. The maximum Gasteiger partial charge on any atom is 0.416 e. The largest absolute Gasteiger partial charge is 0.487 e. The van der Waals surface area contributed by atoms with Gasteiger partial charge in [-0.25, -0.2) is 19.0 Å². The number of hydrogen-bond donors (Lipinski definition) is 0. The fourth-order valence-electron chi connectivity index (χ4n) is 3.31. The van der Waals surface area contributed by atoms with Crippen LogP contribution in [0.15, 0.2) is 70.9 Å². The minimum Gasteiger partial charge on any atom is -0.487 e. The van der Waals surface area contributed by atoms with Gasteiger partial charge in [0.05, 0.1) is 24.0 Å². The van der Waals surface area contributed by atoms with Gasteiger partial charge in [-0.05, 0) is 42.5 Å². The van der Waals surface area contributed by atoms with Crippen LogP contribution < -0.4 is 4.74 Å². The average Bonchev–Trinajstić information content (AvgIpc) is 3.65. The molecule has 0 spiro atoms. The number of nitrogens with zero attached hydrogens (tertiary/aromatic N) is 5. The van der Waals surface area contributed by atoms with E-state index >= 15 is 0 Å². The van der Waals surface area contributed by atoms with Gasteiger partial charge in [0, 0.05) is 28.8 Å². The highest BCUT2D eigenvalue weighted by atomic mass is 32.1. The molecule has 0 saturated carbocycles. The Morgan fingerprint density at radius 1 is 1.03 bits per heavy atom. The molecule has 0 aliphatic carbocycles. The first-order chi connectivity index (χ1) is 17.8. The molecule has 0 N–H and O–H groups in total. The van der Waals surface area contributed by atoms with Gasteiger partial charge in [-0.15, -0.1) is 16.4 Å². The van der Waals surface area contributed by atoms with Crippen molar-refractivity contribution < 1.29 is 26.7 Å². The van der Waals surface area contributed by atoms with Crippen LogP contribution in [0.3, 0.4) is 0 Å². The van der Waals surface area contributed by atoms with E-state index in [1.165, 1.54) is 29.8 Å². The molecule has 0 amide bonds. The molecule has 37 heavy (non-hydrogen) atoms. The summed E-state index contributed by atoms with van der Waals surface area (Å²) in [5.74, 6) is -0.206. The van der Waals surface area contributed by atoms with Crippen molar-refractivity contribution in [3.63, 3.8) is 0 Å². The molecule has 2 aromatic carbocycles. The second kappa shape index (κ2) is 10.3. The summed E-state index contributed by atoms with van der Waals surface area (Å²) in [4.78, 5) is 8.85. The lowest BCUT2D eigenvalue weighted by Crippen LogP contribution is -2.05. The zero-order valence-electron chi connectivity index (χ0n) is 18.9. The lowest BCUT2D eigenvalue weighted by atomic mass is 10.1. The predicted octanol–water partition coefficient (Wildman–Crippen LogP) is 6.35. The Kier molecular flexibility index (Phi) is 6.82. The lowest BCUT2D eigenvalue weighted by Gasteiger charge is -2.07. The third-order valence-corrected chi connectivity index (χ3v) is 6.08. The SMILES string of the molecule is Fc1cc(C(F)(F)F)ccc1C=Cc1nc(COc2ccc(-c3nc(Cn4ccnn4)cs3)cc2)co1. The summed E-state index contributed by atoms with van der Waals surface area (Å²) in [6.45, 7) is 0.677. The Balaban J connectivity index is 1.16. The van der Waals surface area contributed by atoms with Crippen LogP contribution in [0.4, 0.5) is 17.6 Å². The first kappa shape index (κ1) is 24.4. The molecule has 0 bridgehead atoms. The Morgan fingerprint density at radius 2 is 1.86 bits per heavy atom. The third kappa shape index (κ3) is 6.09. The Labute approximate surface area is 211 Å². The molecule has 0 radical (unpaired) electrons. The summed E-state index contributed by atoms with van der Waals surface area (Å²) in [6, 6.07) is 9.77. The number of ether oxygens (including phenoxy) is 1. The van der Waals surface area contributed by atoms with Gasteiger partial charge in [-0.3, -0.25) is 0 Å². The molecule has 0 aliphatic rings. The molecule has 0 saturated heterocycles. The van der Waals surface area contributed by atoms with Gasteiger partial charge in [-0.1, -0.05) is 11.3 Å². The van der Waals surface area contributed by atoms with E-state index in [1.54, 1.807) is 17.1 Å². The zero-order valence-corrected chi connectivity index (χ0v) is 19.7. The van der Waals surface area contributed by atoms with E-state index in [9.17, 15) is 17.6 Å².